The van der Waals surface area contributed by atoms with Gasteiger partial charge in [-0.25, -0.2) is 0 Å². The minimum Gasteiger partial charge on any atom is -0.375 e. The van der Waals surface area contributed by atoms with E-state index in [1.165, 1.54) is 0 Å². The van der Waals surface area contributed by atoms with E-state index in [1.54, 1.807) is 19.2 Å². The molecule has 0 atom stereocenters. The summed E-state index contributed by atoms with van der Waals surface area (Å²) < 4.78 is 0. The smallest absolute Gasteiger partial charge is 0.265 e. The van der Waals surface area contributed by atoms with Crippen molar-refractivity contribution >= 4 is 11.7 Å². The van der Waals surface area contributed by atoms with E-state index >= 15 is 0 Å². The zero-order valence-electron chi connectivity index (χ0n) is 5.64. The quantitative estimate of drug-likeness (QED) is 0.546. The van der Waals surface area contributed by atoms with Gasteiger partial charge in [-0.05, 0) is 12.1 Å². The number of rotatable bonds is 2. The Morgan fingerprint density at radius 1 is 1.70 bits per heavy atom. The van der Waals surface area contributed by atoms with E-state index < -0.39 is 5.91 Å². The van der Waals surface area contributed by atoms with Crippen molar-refractivity contribution < 1.29 is 4.79 Å². The summed E-state index contributed by atoms with van der Waals surface area (Å²) in [4.78, 5) is 13.3. The van der Waals surface area contributed by atoms with E-state index in [-0.39, 0.29) is 0 Å². The minimum atomic E-state index is -0.443. The van der Waals surface area contributed by atoms with Gasteiger partial charge in [0.15, 0.2) is 0 Å². The summed E-state index contributed by atoms with van der Waals surface area (Å²) in [5.74, 6) is 0.343. The first-order valence-electron chi connectivity index (χ1n) is 2.90. The number of aromatic amines is 1. The van der Waals surface area contributed by atoms with Crippen molar-refractivity contribution in [1.82, 2.24) is 4.98 Å². The molecule has 0 unspecified atom stereocenters. The van der Waals surface area contributed by atoms with Gasteiger partial charge in [0, 0.05) is 7.05 Å². The maximum atomic E-state index is 10.5. The van der Waals surface area contributed by atoms with Gasteiger partial charge in [0.1, 0.15) is 11.5 Å². The van der Waals surface area contributed by atoms with Crippen molar-refractivity contribution in [3.8, 4) is 0 Å². The van der Waals surface area contributed by atoms with Gasteiger partial charge in [0.05, 0.1) is 0 Å². The van der Waals surface area contributed by atoms with Crippen LogP contribution in [0.1, 0.15) is 10.5 Å². The molecular formula is C6H9N3O. The van der Waals surface area contributed by atoms with Crippen molar-refractivity contribution in [3.05, 3.63) is 17.8 Å². The molecule has 54 valence electrons. The molecule has 1 heterocycles. The normalized spacial score (nSPS) is 9.30. The van der Waals surface area contributed by atoms with E-state index in [2.05, 4.69) is 10.3 Å². The number of aromatic nitrogens is 1. The van der Waals surface area contributed by atoms with Gasteiger partial charge >= 0.3 is 0 Å². The number of amides is 1. The molecule has 0 aliphatic carbocycles. The Bertz CT molecular complexity index is 241. The summed E-state index contributed by atoms with van der Waals surface area (Å²) in [7, 11) is 1.76. The lowest BCUT2D eigenvalue weighted by Gasteiger charge is -1.91. The van der Waals surface area contributed by atoms with Gasteiger partial charge in [-0.15, -0.1) is 0 Å². The molecule has 0 aliphatic heterocycles. The molecular weight excluding hydrogens is 130 g/mol. The van der Waals surface area contributed by atoms with Crippen LogP contribution >= 0.6 is 0 Å². The fourth-order valence-corrected chi connectivity index (χ4v) is 0.685. The minimum absolute atomic E-state index is 0.421. The molecule has 10 heavy (non-hydrogen) atoms. The average molecular weight is 139 g/mol. The summed E-state index contributed by atoms with van der Waals surface area (Å²) in [6.45, 7) is 0. The largest absolute Gasteiger partial charge is 0.375 e. The Hall–Kier alpha value is -1.45. The highest BCUT2D eigenvalue weighted by molar-refractivity contribution is 5.91. The number of primary amides is 1. The van der Waals surface area contributed by atoms with Crippen LogP contribution in [0.3, 0.4) is 0 Å². The van der Waals surface area contributed by atoms with Gasteiger partial charge in [-0.3, -0.25) is 4.79 Å². The first kappa shape index (κ1) is 6.67. The topological polar surface area (TPSA) is 70.9 Å². The fraction of sp³-hybridized carbons (Fsp3) is 0.167. The third-order valence-corrected chi connectivity index (χ3v) is 1.22. The highest BCUT2D eigenvalue weighted by atomic mass is 16.1. The molecule has 0 spiro atoms. The number of H-pyrrole nitrogens is 1. The molecule has 1 amide bonds. The molecule has 4 nitrogen and oxygen atoms in total. The SMILES string of the molecule is CNc1ccc(C(N)=O)[nH]1. The lowest BCUT2D eigenvalue weighted by molar-refractivity contribution is 0.0996. The molecule has 0 saturated carbocycles. The number of nitrogens with two attached hydrogens (primary N) is 1. The van der Waals surface area contributed by atoms with Crippen molar-refractivity contribution in [3.63, 3.8) is 0 Å². The van der Waals surface area contributed by atoms with Crippen LogP contribution in [0.4, 0.5) is 5.82 Å². The molecule has 0 saturated heterocycles. The molecule has 4 N–H and O–H groups in total. The first-order chi connectivity index (χ1) is 4.74. The predicted octanol–water partition coefficient (Wildman–Crippen LogP) is 0.155. The van der Waals surface area contributed by atoms with Crippen LogP contribution < -0.4 is 11.1 Å². The summed E-state index contributed by atoms with van der Waals surface area (Å²) in [5, 5.41) is 2.84. The number of carbonyl (C=O) groups is 1. The second-order valence-electron chi connectivity index (χ2n) is 1.90. The Labute approximate surface area is 58.4 Å². The highest BCUT2D eigenvalue weighted by Crippen LogP contribution is 2.04. The van der Waals surface area contributed by atoms with Crippen molar-refractivity contribution in [2.45, 2.75) is 0 Å². The molecule has 0 aliphatic rings. The van der Waals surface area contributed by atoms with E-state index in [4.69, 9.17) is 5.73 Å². The molecule has 1 rings (SSSR count). The van der Waals surface area contributed by atoms with Crippen LogP contribution in [0.2, 0.25) is 0 Å². The number of hydrogen-bond acceptors (Lipinski definition) is 2. The average Bonchev–Trinajstić information content (AvgIpc) is 2.34. The van der Waals surface area contributed by atoms with Crippen molar-refractivity contribution in [2.75, 3.05) is 12.4 Å². The number of nitrogens with one attached hydrogen (secondary N) is 2. The molecule has 0 fully saturated rings. The standard InChI is InChI=1S/C6H9N3O/c1-8-5-3-2-4(9-5)6(7)10/h2-3,8-9H,1H3,(H2,7,10). The Morgan fingerprint density at radius 3 is 2.70 bits per heavy atom. The molecule has 1 aromatic rings. The number of anilines is 1. The Morgan fingerprint density at radius 2 is 2.40 bits per heavy atom. The molecule has 1 aromatic heterocycles. The summed E-state index contributed by atoms with van der Waals surface area (Å²) >= 11 is 0. The van der Waals surface area contributed by atoms with Gasteiger partial charge in [0.25, 0.3) is 5.91 Å². The highest BCUT2D eigenvalue weighted by Gasteiger charge is 2.00. The van der Waals surface area contributed by atoms with Crippen LogP contribution in [-0.2, 0) is 0 Å². The molecule has 0 aromatic carbocycles. The van der Waals surface area contributed by atoms with Gasteiger partial charge in [-0.1, -0.05) is 0 Å². The number of carbonyl (C=O) groups excluding carboxylic acids is 1. The third kappa shape index (κ3) is 1.10. The fourth-order valence-electron chi connectivity index (χ4n) is 0.685. The lowest BCUT2D eigenvalue weighted by Crippen LogP contribution is -2.11. The zero-order valence-corrected chi connectivity index (χ0v) is 5.64. The van der Waals surface area contributed by atoms with Gasteiger partial charge < -0.3 is 16.0 Å². The summed E-state index contributed by atoms with van der Waals surface area (Å²) in [6.07, 6.45) is 0. The van der Waals surface area contributed by atoms with Gasteiger partial charge in [0.2, 0.25) is 0 Å². The predicted molar refractivity (Wildman–Crippen MR) is 38.9 cm³/mol. The zero-order chi connectivity index (χ0) is 7.56. The second-order valence-corrected chi connectivity index (χ2v) is 1.90. The monoisotopic (exact) mass is 139 g/mol. The maximum absolute atomic E-state index is 10.5. The van der Waals surface area contributed by atoms with Crippen molar-refractivity contribution in [2.24, 2.45) is 5.73 Å². The molecule has 4 heteroatoms. The molecule has 0 radical (unpaired) electrons. The van der Waals surface area contributed by atoms with E-state index in [0.717, 1.165) is 5.82 Å². The lowest BCUT2D eigenvalue weighted by atomic mass is 10.4. The van der Waals surface area contributed by atoms with Crippen molar-refractivity contribution in [1.29, 1.82) is 0 Å². The second kappa shape index (κ2) is 2.43. The third-order valence-electron chi connectivity index (χ3n) is 1.22. The van der Waals surface area contributed by atoms with Crippen LogP contribution in [0.5, 0.6) is 0 Å². The van der Waals surface area contributed by atoms with Crippen LogP contribution in [0, 0.1) is 0 Å². The summed E-state index contributed by atoms with van der Waals surface area (Å²) in [5.41, 5.74) is 5.40. The maximum Gasteiger partial charge on any atom is 0.265 e. The van der Waals surface area contributed by atoms with E-state index in [1.807, 2.05) is 0 Å². The Balaban J connectivity index is 2.88. The van der Waals surface area contributed by atoms with Crippen LogP contribution in [0.25, 0.3) is 0 Å². The number of hydrogen-bond donors (Lipinski definition) is 3. The van der Waals surface area contributed by atoms with Crippen LogP contribution in [-0.4, -0.2) is 17.9 Å². The summed E-state index contributed by atoms with van der Waals surface area (Å²) in [6, 6.07) is 3.38. The Kier molecular flexibility index (Phi) is 1.62. The molecule has 0 bridgehead atoms. The first-order valence-corrected chi connectivity index (χ1v) is 2.90. The van der Waals surface area contributed by atoms with E-state index in [0.29, 0.717) is 5.69 Å². The van der Waals surface area contributed by atoms with Crippen LogP contribution in [0.15, 0.2) is 12.1 Å². The van der Waals surface area contributed by atoms with E-state index in [9.17, 15) is 4.79 Å². The van der Waals surface area contributed by atoms with Gasteiger partial charge in [-0.2, -0.15) is 0 Å².